The molecule has 1 amide bonds. The van der Waals surface area contributed by atoms with Gasteiger partial charge in [-0.1, -0.05) is 19.8 Å². The molecule has 2 fully saturated rings. The van der Waals surface area contributed by atoms with Gasteiger partial charge in [0.05, 0.1) is 6.10 Å². The minimum Gasteiger partial charge on any atom is -0.392 e. The maximum Gasteiger partial charge on any atom is 0.248 e. The highest BCUT2D eigenvalue weighted by molar-refractivity contribution is 5.78. The molecule has 3 nitrogen and oxygen atoms in total. The number of rotatable bonds is 3. The van der Waals surface area contributed by atoms with E-state index in [4.69, 9.17) is 0 Å². The Balaban J connectivity index is 1.80. The van der Waals surface area contributed by atoms with Gasteiger partial charge in [-0.25, -0.2) is 8.78 Å². The summed E-state index contributed by atoms with van der Waals surface area (Å²) in [5, 5.41) is 12.9. The highest BCUT2D eigenvalue weighted by Crippen LogP contribution is 2.37. The van der Waals surface area contributed by atoms with Gasteiger partial charge in [0.25, 0.3) is 0 Å². The second kappa shape index (κ2) is 5.96. The molecule has 2 aliphatic rings. The van der Waals surface area contributed by atoms with Crippen LogP contribution in [0.2, 0.25) is 0 Å². The lowest BCUT2D eigenvalue weighted by atomic mass is 9.73. The molecule has 0 radical (unpaired) electrons. The lowest BCUT2D eigenvalue weighted by molar-refractivity contribution is -0.130. The third kappa shape index (κ3) is 3.68. The first kappa shape index (κ1) is 15.7. The number of hydrogen-bond donors (Lipinski definition) is 2. The molecule has 0 aromatic carbocycles. The van der Waals surface area contributed by atoms with Gasteiger partial charge in [0.15, 0.2) is 0 Å². The van der Waals surface area contributed by atoms with Crippen molar-refractivity contribution in [2.24, 2.45) is 11.3 Å². The quantitative estimate of drug-likeness (QED) is 0.839. The van der Waals surface area contributed by atoms with E-state index in [2.05, 4.69) is 5.32 Å². The fraction of sp³-hybridized carbons (Fsp3) is 0.933. The first-order valence-electron chi connectivity index (χ1n) is 7.66. The highest BCUT2D eigenvalue weighted by Gasteiger charge is 2.39. The summed E-state index contributed by atoms with van der Waals surface area (Å²) in [5.41, 5.74) is -0.271. The molecule has 0 saturated heterocycles. The summed E-state index contributed by atoms with van der Waals surface area (Å²) >= 11 is 0. The van der Waals surface area contributed by atoms with E-state index in [-0.39, 0.29) is 49.0 Å². The van der Waals surface area contributed by atoms with E-state index >= 15 is 0 Å². The first-order chi connectivity index (χ1) is 9.32. The number of carbonyl (C=O) groups is 1. The Kier molecular flexibility index (Phi) is 4.67. The van der Waals surface area contributed by atoms with Crippen LogP contribution in [0.3, 0.4) is 0 Å². The fourth-order valence-corrected chi connectivity index (χ4v) is 3.32. The fourth-order valence-electron chi connectivity index (χ4n) is 3.32. The van der Waals surface area contributed by atoms with Crippen LogP contribution in [0.15, 0.2) is 0 Å². The normalized spacial score (nSPS) is 34.7. The molecular weight excluding hydrogens is 264 g/mol. The van der Waals surface area contributed by atoms with Crippen LogP contribution in [0.25, 0.3) is 0 Å². The van der Waals surface area contributed by atoms with Crippen LogP contribution in [-0.4, -0.2) is 29.6 Å². The molecule has 2 N–H and O–H groups in total. The van der Waals surface area contributed by atoms with Crippen molar-refractivity contribution in [2.45, 2.75) is 70.3 Å². The molecule has 0 aromatic rings. The molecule has 0 aromatic heterocycles. The number of aliphatic hydroxyl groups excluding tert-OH is 1. The van der Waals surface area contributed by atoms with E-state index in [9.17, 15) is 18.7 Å². The Hall–Kier alpha value is -0.710. The largest absolute Gasteiger partial charge is 0.392 e. The van der Waals surface area contributed by atoms with Crippen molar-refractivity contribution in [1.29, 1.82) is 0 Å². The van der Waals surface area contributed by atoms with E-state index in [1.807, 2.05) is 6.92 Å². The van der Waals surface area contributed by atoms with Crippen LogP contribution in [0.5, 0.6) is 0 Å². The number of nitrogens with one attached hydrogen (secondary N) is 1. The molecule has 0 unspecified atom stereocenters. The van der Waals surface area contributed by atoms with Crippen molar-refractivity contribution >= 4 is 5.91 Å². The number of aliphatic hydroxyl groups is 1. The molecule has 2 saturated carbocycles. The molecule has 2 rings (SSSR count). The van der Waals surface area contributed by atoms with Gasteiger partial charge in [-0.15, -0.1) is 0 Å². The van der Waals surface area contributed by atoms with Gasteiger partial charge in [-0.2, -0.15) is 0 Å². The summed E-state index contributed by atoms with van der Waals surface area (Å²) in [5.74, 6) is -3.01. The third-order valence-corrected chi connectivity index (χ3v) is 5.03. The minimum absolute atomic E-state index is 0.125. The van der Waals surface area contributed by atoms with Crippen molar-refractivity contribution in [3.8, 4) is 0 Å². The van der Waals surface area contributed by atoms with E-state index in [0.29, 0.717) is 6.54 Å². The highest BCUT2D eigenvalue weighted by atomic mass is 19.3. The van der Waals surface area contributed by atoms with Crippen molar-refractivity contribution in [3.05, 3.63) is 0 Å². The Labute approximate surface area is 119 Å². The van der Waals surface area contributed by atoms with Crippen LogP contribution < -0.4 is 5.32 Å². The predicted molar refractivity (Wildman–Crippen MR) is 72.5 cm³/mol. The van der Waals surface area contributed by atoms with Crippen molar-refractivity contribution in [2.75, 3.05) is 6.54 Å². The van der Waals surface area contributed by atoms with Crippen LogP contribution >= 0.6 is 0 Å². The van der Waals surface area contributed by atoms with Gasteiger partial charge in [-0.05, 0) is 25.7 Å². The summed E-state index contributed by atoms with van der Waals surface area (Å²) < 4.78 is 26.1. The van der Waals surface area contributed by atoms with Crippen molar-refractivity contribution in [3.63, 3.8) is 0 Å². The average molecular weight is 289 g/mol. The second-order valence-electron chi connectivity index (χ2n) is 6.76. The molecule has 5 heteroatoms. The van der Waals surface area contributed by atoms with Gasteiger partial charge in [0, 0.05) is 30.7 Å². The maximum atomic E-state index is 13.1. The lowest BCUT2D eigenvalue weighted by Gasteiger charge is -2.39. The zero-order valence-electron chi connectivity index (χ0n) is 12.1. The number of halogens is 2. The Morgan fingerprint density at radius 3 is 2.45 bits per heavy atom. The van der Waals surface area contributed by atoms with Gasteiger partial charge < -0.3 is 10.4 Å². The van der Waals surface area contributed by atoms with E-state index in [0.717, 1.165) is 25.7 Å². The van der Waals surface area contributed by atoms with Crippen molar-refractivity contribution < 1.29 is 18.7 Å². The maximum absolute atomic E-state index is 13.1. The Morgan fingerprint density at radius 2 is 1.85 bits per heavy atom. The molecule has 2 aliphatic carbocycles. The summed E-state index contributed by atoms with van der Waals surface area (Å²) in [6, 6.07) is 0. The Bertz CT molecular complexity index is 352. The number of alkyl halides is 2. The molecule has 2 atom stereocenters. The summed E-state index contributed by atoms with van der Waals surface area (Å²) in [6.07, 6.45) is 3.54. The van der Waals surface area contributed by atoms with Crippen molar-refractivity contribution in [1.82, 2.24) is 5.32 Å². The molecular formula is C15H25F2NO2. The van der Waals surface area contributed by atoms with E-state index in [1.54, 1.807) is 0 Å². The van der Waals surface area contributed by atoms with Crippen LogP contribution in [0.1, 0.15) is 58.3 Å². The first-order valence-corrected chi connectivity index (χ1v) is 7.66. The van der Waals surface area contributed by atoms with Gasteiger partial charge in [-0.3, -0.25) is 4.79 Å². The van der Waals surface area contributed by atoms with Crippen LogP contribution in [-0.2, 0) is 4.79 Å². The topological polar surface area (TPSA) is 49.3 Å². The van der Waals surface area contributed by atoms with Crippen LogP contribution in [0, 0.1) is 11.3 Å². The predicted octanol–water partition coefficient (Wildman–Crippen LogP) is 2.87. The van der Waals surface area contributed by atoms with E-state index < -0.39 is 5.92 Å². The number of hydrogen-bond acceptors (Lipinski definition) is 2. The SMILES string of the molecule is C[C@@]1(CNC(=O)C2CCC(F)(F)CC2)CCCC[C@@H]1O. The molecule has 116 valence electrons. The molecule has 0 bridgehead atoms. The average Bonchev–Trinajstić information content (AvgIpc) is 2.40. The second-order valence-corrected chi connectivity index (χ2v) is 6.76. The summed E-state index contributed by atoms with van der Waals surface area (Å²) in [4.78, 5) is 12.1. The molecule has 0 aliphatic heterocycles. The zero-order valence-corrected chi connectivity index (χ0v) is 12.1. The molecule has 0 heterocycles. The third-order valence-electron chi connectivity index (χ3n) is 5.03. The summed E-state index contributed by atoms with van der Waals surface area (Å²) in [6.45, 7) is 2.44. The zero-order chi connectivity index (χ0) is 14.8. The van der Waals surface area contributed by atoms with Gasteiger partial charge in [0.2, 0.25) is 11.8 Å². The van der Waals surface area contributed by atoms with Gasteiger partial charge >= 0.3 is 0 Å². The Morgan fingerprint density at radius 1 is 1.20 bits per heavy atom. The molecule has 20 heavy (non-hydrogen) atoms. The smallest absolute Gasteiger partial charge is 0.248 e. The van der Waals surface area contributed by atoms with Gasteiger partial charge in [0.1, 0.15) is 0 Å². The number of carbonyl (C=O) groups excluding carboxylic acids is 1. The number of amides is 1. The molecule has 0 spiro atoms. The monoisotopic (exact) mass is 289 g/mol. The standard InChI is InChI=1S/C15H25F2NO2/c1-14(7-3-2-4-12(14)19)10-18-13(20)11-5-8-15(16,17)9-6-11/h11-12,19H,2-10H2,1H3,(H,18,20)/t12-,14-/m0/s1. The lowest BCUT2D eigenvalue weighted by Crippen LogP contribution is -2.47. The minimum atomic E-state index is -2.59. The summed E-state index contributed by atoms with van der Waals surface area (Å²) in [7, 11) is 0. The van der Waals surface area contributed by atoms with Crippen LogP contribution in [0.4, 0.5) is 8.78 Å². The van der Waals surface area contributed by atoms with E-state index in [1.165, 1.54) is 0 Å².